The lowest BCUT2D eigenvalue weighted by Crippen LogP contribution is -2.10. The summed E-state index contributed by atoms with van der Waals surface area (Å²) in [5, 5.41) is 13.0. The number of halogens is 4. The molecular formula is C14H14ClF3N2O. The van der Waals surface area contributed by atoms with Crippen LogP contribution >= 0.6 is 11.6 Å². The molecule has 0 saturated carbocycles. The molecule has 0 aliphatic rings. The number of aliphatic hydroxyl groups is 1. The molecule has 3 nitrogen and oxygen atoms in total. The predicted molar refractivity (Wildman–Crippen MR) is 73.2 cm³/mol. The van der Waals surface area contributed by atoms with Crippen LogP contribution < -0.4 is 0 Å². The van der Waals surface area contributed by atoms with Crippen LogP contribution in [0.25, 0.3) is 0 Å². The molecule has 2 rings (SSSR count). The number of rotatable bonds is 5. The molecule has 0 bridgehead atoms. The molecule has 0 amide bonds. The lowest BCUT2D eigenvalue weighted by molar-refractivity contribution is -0.142. The third kappa shape index (κ3) is 4.22. The molecule has 1 aromatic carbocycles. The number of nitrogens with zero attached hydrogens (tertiary/aromatic N) is 2. The first kappa shape index (κ1) is 15.9. The van der Waals surface area contributed by atoms with E-state index in [0.29, 0.717) is 5.02 Å². The van der Waals surface area contributed by atoms with Crippen LogP contribution in [0.1, 0.15) is 23.2 Å². The van der Waals surface area contributed by atoms with Gasteiger partial charge in [-0.1, -0.05) is 23.7 Å². The summed E-state index contributed by atoms with van der Waals surface area (Å²) in [5.41, 5.74) is 0.0276. The number of aryl methyl sites for hydroxylation is 1. The van der Waals surface area contributed by atoms with Crippen molar-refractivity contribution >= 4 is 11.6 Å². The summed E-state index contributed by atoms with van der Waals surface area (Å²) in [4.78, 5) is 0. The highest BCUT2D eigenvalue weighted by molar-refractivity contribution is 6.30. The second kappa shape index (κ2) is 6.49. The van der Waals surface area contributed by atoms with Crippen LogP contribution in [0, 0.1) is 0 Å². The minimum Gasteiger partial charge on any atom is -0.396 e. The van der Waals surface area contributed by atoms with Crippen molar-refractivity contribution in [2.75, 3.05) is 6.61 Å². The van der Waals surface area contributed by atoms with E-state index in [9.17, 15) is 13.2 Å². The predicted octanol–water partition coefficient (Wildman–Crippen LogP) is 3.53. The summed E-state index contributed by atoms with van der Waals surface area (Å²) >= 11 is 5.77. The Morgan fingerprint density at radius 2 is 1.86 bits per heavy atom. The highest BCUT2D eigenvalue weighted by atomic mass is 35.5. The average molecular weight is 319 g/mol. The standard InChI is InChI=1S/C14H14ClF3N2O/c15-12-5-3-10(4-6-12)8-20-9-11(2-1-7-21)13(19-20)14(16,17)18/h3-6,9,21H,1-2,7-8H2. The number of benzene rings is 1. The van der Waals surface area contributed by atoms with E-state index in [1.54, 1.807) is 24.3 Å². The third-order valence-corrected chi connectivity index (χ3v) is 3.22. The quantitative estimate of drug-likeness (QED) is 0.916. The maximum absolute atomic E-state index is 12.9. The van der Waals surface area contributed by atoms with E-state index in [0.717, 1.165) is 5.56 Å². The molecule has 2 aromatic rings. The Labute approximate surface area is 125 Å². The van der Waals surface area contributed by atoms with Gasteiger partial charge in [0.25, 0.3) is 0 Å². The van der Waals surface area contributed by atoms with Crippen LogP contribution in [0.3, 0.4) is 0 Å². The zero-order valence-electron chi connectivity index (χ0n) is 11.1. The highest BCUT2D eigenvalue weighted by Crippen LogP contribution is 2.31. The molecule has 1 aromatic heterocycles. The lowest BCUT2D eigenvalue weighted by Gasteiger charge is -2.05. The molecule has 0 saturated heterocycles. The van der Waals surface area contributed by atoms with Crippen LogP contribution in [0.15, 0.2) is 30.5 Å². The monoisotopic (exact) mass is 318 g/mol. The molecule has 0 unspecified atom stereocenters. The number of hydrogen-bond acceptors (Lipinski definition) is 2. The SMILES string of the molecule is OCCCc1cn(Cc2ccc(Cl)cc2)nc1C(F)(F)F. The third-order valence-electron chi connectivity index (χ3n) is 2.97. The van der Waals surface area contributed by atoms with E-state index < -0.39 is 11.9 Å². The van der Waals surface area contributed by atoms with Crippen molar-refractivity contribution in [3.05, 3.63) is 52.3 Å². The van der Waals surface area contributed by atoms with Crippen molar-refractivity contribution in [3.8, 4) is 0 Å². The molecule has 114 valence electrons. The normalized spacial score (nSPS) is 11.9. The minimum absolute atomic E-state index is 0.102. The fourth-order valence-corrected chi connectivity index (χ4v) is 2.14. The summed E-state index contributed by atoms with van der Waals surface area (Å²) in [6.07, 6.45) is -2.69. The number of alkyl halides is 3. The van der Waals surface area contributed by atoms with Crippen LogP contribution in [0.4, 0.5) is 13.2 Å². The molecule has 21 heavy (non-hydrogen) atoms. The van der Waals surface area contributed by atoms with Crippen LogP contribution in [0.5, 0.6) is 0 Å². The van der Waals surface area contributed by atoms with Gasteiger partial charge < -0.3 is 5.11 Å². The second-order valence-electron chi connectivity index (χ2n) is 4.65. The molecule has 1 N–H and O–H groups in total. The van der Waals surface area contributed by atoms with Crippen LogP contribution in [-0.4, -0.2) is 21.5 Å². The Balaban J connectivity index is 2.23. The second-order valence-corrected chi connectivity index (χ2v) is 5.09. The van der Waals surface area contributed by atoms with E-state index in [-0.39, 0.29) is 31.6 Å². The van der Waals surface area contributed by atoms with Gasteiger partial charge in [0.2, 0.25) is 0 Å². The molecule has 7 heteroatoms. The van der Waals surface area contributed by atoms with Gasteiger partial charge in [0.05, 0.1) is 6.54 Å². The van der Waals surface area contributed by atoms with Gasteiger partial charge in [0.1, 0.15) is 0 Å². The summed E-state index contributed by atoms with van der Waals surface area (Å²) in [6, 6.07) is 6.84. The number of aromatic nitrogens is 2. The molecule has 0 fully saturated rings. The zero-order valence-corrected chi connectivity index (χ0v) is 11.8. The largest absolute Gasteiger partial charge is 0.435 e. The van der Waals surface area contributed by atoms with Crippen molar-refractivity contribution in [2.24, 2.45) is 0 Å². The van der Waals surface area contributed by atoms with Crippen molar-refractivity contribution in [2.45, 2.75) is 25.6 Å². The molecule has 0 radical (unpaired) electrons. The van der Waals surface area contributed by atoms with Gasteiger partial charge in [-0.05, 0) is 30.5 Å². The summed E-state index contributed by atoms with van der Waals surface area (Å²) < 4.78 is 40.0. The van der Waals surface area contributed by atoms with Gasteiger partial charge in [-0.15, -0.1) is 0 Å². The smallest absolute Gasteiger partial charge is 0.396 e. The maximum atomic E-state index is 12.9. The summed E-state index contributed by atoms with van der Waals surface area (Å²) in [7, 11) is 0. The van der Waals surface area contributed by atoms with Gasteiger partial charge in [-0.3, -0.25) is 4.68 Å². The van der Waals surface area contributed by atoms with Gasteiger partial charge in [-0.25, -0.2) is 0 Å². The van der Waals surface area contributed by atoms with Crippen molar-refractivity contribution in [1.29, 1.82) is 0 Å². The van der Waals surface area contributed by atoms with E-state index >= 15 is 0 Å². The Morgan fingerprint density at radius 1 is 1.19 bits per heavy atom. The van der Waals surface area contributed by atoms with E-state index in [4.69, 9.17) is 16.7 Å². The molecule has 0 atom stereocenters. The average Bonchev–Trinajstić information content (AvgIpc) is 2.82. The lowest BCUT2D eigenvalue weighted by atomic mass is 10.1. The minimum atomic E-state index is -4.49. The molecule has 0 aliphatic heterocycles. The fraction of sp³-hybridized carbons (Fsp3) is 0.357. The summed E-state index contributed by atoms with van der Waals surface area (Å²) in [5.74, 6) is 0. The van der Waals surface area contributed by atoms with Gasteiger partial charge in [0, 0.05) is 23.4 Å². The van der Waals surface area contributed by atoms with Crippen LogP contribution in [-0.2, 0) is 19.1 Å². The van der Waals surface area contributed by atoms with Crippen LogP contribution in [0.2, 0.25) is 5.02 Å². The Kier molecular flexibility index (Phi) is 4.90. The molecule has 1 heterocycles. The Hall–Kier alpha value is -1.53. The maximum Gasteiger partial charge on any atom is 0.435 e. The van der Waals surface area contributed by atoms with Crippen molar-refractivity contribution in [3.63, 3.8) is 0 Å². The topological polar surface area (TPSA) is 38.0 Å². The molecule has 0 spiro atoms. The van der Waals surface area contributed by atoms with E-state index in [2.05, 4.69) is 5.10 Å². The first-order chi connectivity index (χ1) is 9.90. The first-order valence-corrected chi connectivity index (χ1v) is 6.77. The Bertz CT molecular complexity index is 593. The number of hydrogen-bond donors (Lipinski definition) is 1. The highest BCUT2D eigenvalue weighted by Gasteiger charge is 2.36. The first-order valence-electron chi connectivity index (χ1n) is 6.39. The van der Waals surface area contributed by atoms with Crippen molar-refractivity contribution < 1.29 is 18.3 Å². The Morgan fingerprint density at radius 3 is 2.43 bits per heavy atom. The van der Waals surface area contributed by atoms with Gasteiger partial charge in [-0.2, -0.15) is 18.3 Å². The molecule has 0 aliphatic carbocycles. The van der Waals surface area contributed by atoms with Crippen molar-refractivity contribution in [1.82, 2.24) is 9.78 Å². The number of aliphatic hydroxyl groups excluding tert-OH is 1. The van der Waals surface area contributed by atoms with Gasteiger partial charge >= 0.3 is 6.18 Å². The fourth-order valence-electron chi connectivity index (χ4n) is 2.01. The van der Waals surface area contributed by atoms with E-state index in [1.807, 2.05) is 0 Å². The molecular weight excluding hydrogens is 305 g/mol. The summed E-state index contributed by atoms with van der Waals surface area (Å²) in [6.45, 7) is 0.0824. The zero-order chi connectivity index (χ0) is 15.5. The van der Waals surface area contributed by atoms with E-state index in [1.165, 1.54) is 10.9 Å². The van der Waals surface area contributed by atoms with Gasteiger partial charge in [0.15, 0.2) is 5.69 Å².